The highest BCUT2D eigenvalue weighted by atomic mass is 35.5. The second-order valence-electron chi connectivity index (χ2n) is 6.25. The fourth-order valence-electron chi connectivity index (χ4n) is 2.77. The van der Waals surface area contributed by atoms with Gasteiger partial charge in [0.2, 0.25) is 0 Å². The molecule has 1 saturated heterocycles. The summed E-state index contributed by atoms with van der Waals surface area (Å²) in [4.78, 5) is 14.8. The molecule has 0 aromatic heterocycles. The van der Waals surface area contributed by atoms with Crippen molar-refractivity contribution in [3.8, 4) is 5.75 Å². The van der Waals surface area contributed by atoms with Gasteiger partial charge in [0.25, 0.3) is 5.91 Å². The Morgan fingerprint density at radius 3 is 2.50 bits per heavy atom. The lowest BCUT2D eigenvalue weighted by molar-refractivity contribution is -0.113. The van der Waals surface area contributed by atoms with Crippen LogP contribution in [0, 0.1) is 0 Å². The molecule has 3 aromatic rings. The summed E-state index contributed by atoms with van der Waals surface area (Å²) in [6.07, 6.45) is 1.60. The van der Waals surface area contributed by atoms with Crippen LogP contribution in [-0.2, 0) is 4.79 Å². The Kier molecular flexibility index (Phi) is 5.94. The molecule has 0 radical (unpaired) electrons. The first-order valence-electron chi connectivity index (χ1n) is 8.85. The van der Waals surface area contributed by atoms with E-state index in [2.05, 4.69) is 10.2 Å². The standard InChI is InChI=1S/C22H14ClN3O2S2/c23-17-8-4-5-9-18(17)25-24-15-10-11-19(27)14(12-15)13-20-21(28)26(22(29)30-20)16-6-2-1-3-7-16/h1-13,27H/b20-13+,25-24?. The number of thioether (sulfide) groups is 1. The average molecular weight is 452 g/mol. The number of anilines is 1. The van der Waals surface area contributed by atoms with Gasteiger partial charge in [0.15, 0.2) is 4.32 Å². The molecule has 1 amide bonds. The molecule has 1 fully saturated rings. The van der Waals surface area contributed by atoms with Crippen molar-refractivity contribution < 1.29 is 9.90 Å². The van der Waals surface area contributed by atoms with Gasteiger partial charge in [-0.2, -0.15) is 5.11 Å². The number of carbonyl (C=O) groups excluding carboxylic acids is 1. The maximum absolute atomic E-state index is 12.9. The summed E-state index contributed by atoms with van der Waals surface area (Å²) in [6, 6.07) is 21.1. The summed E-state index contributed by atoms with van der Waals surface area (Å²) in [5.41, 5.74) is 2.20. The zero-order chi connectivity index (χ0) is 21.1. The number of para-hydroxylation sites is 1. The molecule has 3 aromatic carbocycles. The minimum atomic E-state index is -0.237. The molecule has 30 heavy (non-hydrogen) atoms. The zero-order valence-electron chi connectivity index (χ0n) is 15.4. The van der Waals surface area contributed by atoms with E-state index >= 15 is 0 Å². The van der Waals surface area contributed by atoms with E-state index in [1.54, 1.807) is 30.3 Å². The van der Waals surface area contributed by atoms with Gasteiger partial charge in [-0.05, 0) is 48.5 Å². The highest BCUT2D eigenvalue weighted by Gasteiger charge is 2.33. The molecule has 5 nitrogen and oxygen atoms in total. The fourth-order valence-corrected chi connectivity index (χ4v) is 4.24. The number of phenols is 1. The van der Waals surface area contributed by atoms with Crippen molar-refractivity contribution in [3.05, 3.63) is 88.3 Å². The molecule has 4 rings (SSSR count). The van der Waals surface area contributed by atoms with Gasteiger partial charge >= 0.3 is 0 Å². The van der Waals surface area contributed by atoms with Crippen LogP contribution in [0.2, 0.25) is 5.02 Å². The maximum atomic E-state index is 12.9. The Hall–Kier alpha value is -3.00. The summed E-state index contributed by atoms with van der Waals surface area (Å²) in [6.45, 7) is 0. The molecule has 0 atom stereocenters. The fraction of sp³-hybridized carbons (Fsp3) is 0. The van der Waals surface area contributed by atoms with E-state index in [9.17, 15) is 9.90 Å². The number of hydrogen-bond acceptors (Lipinski definition) is 6. The van der Waals surface area contributed by atoms with Gasteiger partial charge in [0.1, 0.15) is 11.4 Å². The lowest BCUT2D eigenvalue weighted by Crippen LogP contribution is -2.27. The molecule has 0 aliphatic carbocycles. The molecule has 148 valence electrons. The molecular formula is C22H14ClN3O2S2. The normalized spacial score (nSPS) is 15.5. The highest BCUT2D eigenvalue weighted by molar-refractivity contribution is 8.27. The first-order valence-corrected chi connectivity index (χ1v) is 10.5. The third-order valence-corrected chi connectivity index (χ3v) is 5.85. The molecule has 0 spiro atoms. The summed E-state index contributed by atoms with van der Waals surface area (Å²) < 4.78 is 0.437. The van der Waals surface area contributed by atoms with E-state index < -0.39 is 0 Å². The van der Waals surface area contributed by atoms with Crippen LogP contribution in [0.1, 0.15) is 5.56 Å². The van der Waals surface area contributed by atoms with Crippen LogP contribution in [-0.4, -0.2) is 15.3 Å². The van der Waals surface area contributed by atoms with Crippen LogP contribution >= 0.6 is 35.6 Å². The number of phenolic OH excluding ortho intramolecular Hbond substituents is 1. The van der Waals surface area contributed by atoms with Crippen molar-refractivity contribution in [1.29, 1.82) is 0 Å². The Bertz CT molecular complexity index is 1200. The van der Waals surface area contributed by atoms with Crippen molar-refractivity contribution in [1.82, 2.24) is 0 Å². The average Bonchev–Trinajstić information content (AvgIpc) is 3.03. The maximum Gasteiger partial charge on any atom is 0.270 e. The SMILES string of the molecule is O=C1/C(=C\c2cc(N=Nc3ccccc3Cl)ccc2O)SC(=S)N1c1ccccc1. The van der Waals surface area contributed by atoms with Crippen molar-refractivity contribution >= 4 is 68.9 Å². The van der Waals surface area contributed by atoms with Gasteiger partial charge < -0.3 is 5.11 Å². The summed E-state index contributed by atoms with van der Waals surface area (Å²) >= 11 is 12.7. The third-order valence-electron chi connectivity index (χ3n) is 4.23. The quantitative estimate of drug-likeness (QED) is 0.267. The van der Waals surface area contributed by atoms with E-state index in [1.165, 1.54) is 22.7 Å². The zero-order valence-corrected chi connectivity index (χ0v) is 17.8. The van der Waals surface area contributed by atoms with Gasteiger partial charge in [0.05, 0.1) is 21.3 Å². The Morgan fingerprint density at radius 1 is 1.00 bits per heavy atom. The number of aromatic hydroxyl groups is 1. The Morgan fingerprint density at radius 2 is 1.73 bits per heavy atom. The Labute approximate surface area is 187 Å². The number of halogens is 1. The molecule has 1 heterocycles. The lowest BCUT2D eigenvalue weighted by Gasteiger charge is -2.13. The number of thiocarbonyl (C=S) groups is 1. The monoisotopic (exact) mass is 451 g/mol. The van der Waals surface area contributed by atoms with Crippen LogP contribution < -0.4 is 4.90 Å². The van der Waals surface area contributed by atoms with Crippen LogP contribution in [0.3, 0.4) is 0 Å². The first-order chi connectivity index (χ1) is 14.5. The summed E-state index contributed by atoms with van der Waals surface area (Å²) in [7, 11) is 0. The highest BCUT2D eigenvalue weighted by Crippen LogP contribution is 2.37. The van der Waals surface area contributed by atoms with E-state index in [1.807, 2.05) is 42.5 Å². The number of amides is 1. The van der Waals surface area contributed by atoms with Gasteiger partial charge in [-0.3, -0.25) is 9.69 Å². The molecule has 0 saturated carbocycles. The minimum Gasteiger partial charge on any atom is -0.507 e. The first kappa shape index (κ1) is 20.3. The van der Waals surface area contributed by atoms with Crippen molar-refractivity contribution in [2.75, 3.05) is 4.90 Å². The van der Waals surface area contributed by atoms with Crippen molar-refractivity contribution in [2.24, 2.45) is 10.2 Å². The predicted molar refractivity (Wildman–Crippen MR) is 126 cm³/mol. The predicted octanol–water partition coefficient (Wildman–Crippen LogP) is 6.87. The largest absolute Gasteiger partial charge is 0.507 e. The number of rotatable bonds is 4. The molecule has 0 bridgehead atoms. The summed E-state index contributed by atoms with van der Waals surface area (Å²) in [5, 5.41) is 19.1. The van der Waals surface area contributed by atoms with Gasteiger partial charge in [-0.15, -0.1) is 5.11 Å². The van der Waals surface area contributed by atoms with E-state index in [0.717, 1.165) is 0 Å². The van der Waals surface area contributed by atoms with E-state index in [0.29, 0.717) is 36.9 Å². The molecule has 1 aliphatic rings. The minimum absolute atomic E-state index is 0.0247. The number of hydrogen-bond donors (Lipinski definition) is 1. The molecular weight excluding hydrogens is 438 g/mol. The van der Waals surface area contributed by atoms with Gasteiger partial charge in [-0.25, -0.2) is 0 Å². The smallest absolute Gasteiger partial charge is 0.270 e. The number of nitrogens with zero attached hydrogens (tertiary/aromatic N) is 3. The number of carbonyl (C=O) groups is 1. The lowest BCUT2D eigenvalue weighted by atomic mass is 10.1. The van der Waals surface area contributed by atoms with Crippen LogP contribution in [0.4, 0.5) is 17.1 Å². The third kappa shape index (κ3) is 4.28. The van der Waals surface area contributed by atoms with Gasteiger partial charge in [-0.1, -0.05) is 65.9 Å². The van der Waals surface area contributed by atoms with Crippen LogP contribution in [0.25, 0.3) is 6.08 Å². The van der Waals surface area contributed by atoms with Crippen LogP contribution in [0.15, 0.2) is 87.9 Å². The Balaban J connectivity index is 1.62. The summed E-state index contributed by atoms with van der Waals surface area (Å²) in [5.74, 6) is -0.213. The molecule has 8 heteroatoms. The van der Waals surface area contributed by atoms with E-state index in [4.69, 9.17) is 23.8 Å². The second-order valence-corrected chi connectivity index (χ2v) is 8.33. The van der Waals surface area contributed by atoms with Crippen molar-refractivity contribution in [3.63, 3.8) is 0 Å². The van der Waals surface area contributed by atoms with E-state index in [-0.39, 0.29) is 11.7 Å². The second kappa shape index (κ2) is 8.79. The van der Waals surface area contributed by atoms with Gasteiger partial charge in [0, 0.05) is 5.56 Å². The van der Waals surface area contributed by atoms with Crippen molar-refractivity contribution in [2.45, 2.75) is 0 Å². The topological polar surface area (TPSA) is 65.3 Å². The van der Waals surface area contributed by atoms with Crippen LogP contribution in [0.5, 0.6) is 5.75 Å². The number of azo groups is 1. The molecule has 0 unspecified atom stereocenters. The molecule has 1 N–H and O–H groups in total. The molecule has 1 aliphatic heterocycles. The number of benzene rings is 3.